The lowest BCUT2D eigenvalue weighted by Gasteiger charge is -2.07. The summed E-state index contributed by atoms with van der Waals surface area (Å²) >= 11 is 9.27. The van der Waals surface area contributed by atoms with Crippen LogP contribution in [0.4, 0.5) is 0 Å². The highest BCUT2D eigenvalue weighted by Crippen LogP contribution is 2.04. The molecule has 0 radical (unpaired) electrons. The van der Waals surface area contributed by atoms with Gasteiger partial charge in [0, 0.05) is 12.4 Å². The van der Waals surface area contributed by atoms with Gasteiger partial charge in [-0.05, 0) is 45.2 Å². The predicted octanol–water partition coefficient (Wildman–Crippen LogP) is 1.84. The fourth-order valence-electron chi connectivity index (χ4n) is 0.998. The molecule has 16 heavy (non-hydrogen) atoms. The zero-order valence-corrected chi connectivity index (χ0v) is 13.2. The number of nitrogens with zero attached hydrogens (tertiary/aromatic N) is 1. The molecule has 0 spiro atoms. The minimum atomic E-state index is -0.365. The fraction of sp³-hybridized carbons (Fsp3) is 0.333. The average Bonchev–Trinajstić information content (AvgIpc) is 2.23. The zero-order chi connectivity index (χ0) is 12.1. The van der Waals surface area contributed by atoms with E-state index in [1.54, 1.807) is 17.0 Å². The van der Waals surface area contributed by atoms with Crippen molar-refractivity contribution in [1.82, 2.24) is 4.57 Å². The number of alkyl halides is 1. The van der Waals surface area contributed by atoms with E-state index >= 15 is 0 Å². The van der Waals surface area contributed by atoms with E-state index in [0.29, 0.717) is 7.14 Å². The highest BCUT2D eigenvalue weighted by Gasteiger charge is 2.07. The first-order valence-corrected chi connectivity index (χ1v) is 7.00. The first-order chi connectivity index (χ1) is 7.54. The van der Waals surface area contributed by atoms with E-state index in [0.717, 1.165) is 0 Å². The molecule has 0 N–H and O–H groups in total. The number of carbonyl (C=O) groups excluding carboxylic acids is 1. The van der Waals surface area contributed by atoms with Crippen molar-refractivity contribution >= 4 is 62.8 Å². The first kappa shape index (κ1) is 14.2. The van der Waals surface area contributed by atoms with Crippen molar-refractivity contribution in [3.63, 3.8) is 0 Å². The third-order valence-electron chi connectivity index (χ3n) is 1.64. The smallest absolute Gasteiger partial charge is 0.325 e. The molecule has 0 aliphatic rings. The molecule has 1 aromatic heterocycles. The molecule has 1 aromatic rings. The molecule has 4 nitrogen and oxygen atoms in total. The Balaban J connectivity index is 2.75. The van der Waals surface area contributed by atoms with Crippen LogP contribution in [0.3, 0.4) is 0 Å². The Morgan fingerprint density at radius 2 is 1.94 bits per heavy atom. The Morgan fingerprint density at radius 3 is 2.44 bits per heavy atom. The molecule has 1 heterocycles. The van der Waals surface area contributed by atoms with Gasteiger partial charge in [-0.2, -0.15) is 0 Å². The number of halogens is 3. The molecule has 0 fully saturated rings. The van der Waals surface area contributed by atoms with Gasteiger partial charge in [-0.25, -0.2) is 0 Å². The number of hydrogen-bond donors (Lipinski definition) is 0. The maximum atomic E-state index is 11.4. The van der Waals surface area contributed by atoms with Crippen LogP contribution in [0.1, 0.15) is 0 Å². The minimum Gasteiger partial charge on any atom is -0.463 e. The van der Waals surface area contributed by atoms with Gasteiger partial charge in [0.1, 0.15) is 13.2 Å². The SMILES string of the molecule is O=C(Cn1cc(I)c(=O)c(I)c1)OCCCl. The van der Waals surface area contributed by atoms with Crippen LogP contribution in [0, 0.1) is 7.14 Å². The van der Waals surface area contributed by atoms with Crippen molar-refractivity contribution in [2.24, 2.45) is 0 Å². The minimum absolute atomic E-state index is 0.0217. The molecule has 0 saturated heterocycles. The average molecular weight is 467 g/mol. The van der Waals surface area contributed by atoms with Crippen molar-refractivity contribution in [2.45, 2.75) is 6.54 Å². The Bertz CT molecular complexity index is 421. The first-order valence-electron chi connectivity index (χ1n) is 4.31. The Labute approximate surface area is 125 Å². The summed E-state index contributed by atoms with van der Waals surface area (Å²) in [6.45, 7) is 0.290. The molecule has 7 heteroatoms. The van der Waals surface area contributed by atoms with Crippen molar-refractivity contribution in [2.75, 3.05) is 12.5 Å². The number of esters is 1. The lowest BCUT2D eigenvalue weighted by atomic mass is 10.4. The lowest BCUT2D eigenvalue weighted by molar-refractivity contribution is -0.143. The number of ether oxygens (including phenoxy) is 1. The van der Waals surface area contributed by atoms with Crippen LogP contribution in [0.2, 0.25) is 0 Å². The van der Waals surface area contributed by atoms with Gasteiger partial charge in [0.25, 0.3) is 0 Å². The number of rotatable bonds is 4. The second-order valence-electron chi connectivity index (χ2n) is 2.86. The summed E-state index contributed by atoms with van der Waals surface area (Å²) in [5, 5.41) is 0. The molecule has 0 atom stereocenters. The fourth-order valence-corrected chi connectivity index (χ4v) is 2.89. The van der Waals surface area contributed by atoms with Gasteiger partial charge >= 0.3 is 5.97 Å². The summed E-state index contributed by atoms with van der Waals surface area (Å²) in [5.41, 5.74) is -0.0217. The number of carbonyl (C=O) groups is 1. The van der Waals surface area contributed by atoms with Crippen molar-refractivity contribution in [3.8, 4) is 0 Å². The number of aromatic nitrogens is 1. The largest absolute Gasteiger partial charge is 0.463 e. The molecule has 88 valence electrons. The van der Waals surface area contributed by atoms with E-state index in [1.165, 1.54) is 0 Å². The zero-order valence-electron chi connectivity index (χ0n) is 8.08. The monoisotopic (exact) mass is 467 g/mol. The normalized spacial score (nSPS) is 10.2. The van der Waals surface area contributed by atoms with Crippen LogP contribution < -0.4 is 5.43 Å². The van der Waals surface area contributed by atoms with Crippen LogP contribution in [-0.2, 0) is 16.1 Å². The summed E-state index contributed by atoms with van der Waals surface area (Å²) in [5.74, 6) is -0.0822. The number of hydrogen-bond acceptors (Lipinski definition) is 3. The van der Waals surface area contributed by atoms with Crippen molar-refractivity contribution in [1.29, 1.82) is 0 Å². The van der Waals surface area contributed by atoms with E-state index in [1.807, 2.05) is 45.2 Å². The van der Waals surface area contributed by atoms with Gasteiger partial charge in [-0.1, -0.05) is 0 Å². The van der Waals surface area contributed by atoms with Gasteiger partial charge in [0.2, 0.25) is 5.43 Å². The van der Waals surface area contributed by atoms with E-state index < -0.39 is 0 Å². The Hall–Kier alpha value is 0.170. The van der Waals surface area contributed by atoms with E-state index in [9.17, 15) is 9.59 Å². The van der Waals surface area contributed by atoms with Crippen LogP contribution in [0.25, 0.3) is 0 Å². The third-order valence-corrected chi connectivity index (χ3v) is 3.34. The highest BCUT2D eigenvalue weighted by molar-refractivity contribution is 14.1. The summed E-state index contributed by atoms with van der Waals surface area (Å²) in [6, 6.07) is 0. The van der Waals surface area contributed by atoms with Crippen LogP contribution in [-0.4, -0.2) is 23.0 Å². The summed E-state index contributed by atoms with van der Waals surface area (Å²) < 4.78 is 7.61. The molecule has 0 amide bonds. The highest BCUT2D eigenvalue weighted by atomic mass is 127. The quantitative estimate of drug-likeness (QED) is 0.386. The second-order valence-corrected chi connectivity index (χ2v) is 5.57. The van der Waals surface area contributed by atoms with Gasteiger partial charge in [-0.3, -0.25) is 9.59 Å². The molecule has 0 aliphatic carbocycles. The standard InChI is InChI=1S/C9H8ClI2NO3/c10-1-2-16-8(14)5-13-3-6(11)9(15)7(12)4-13/h3-4H,1-2,5H2. The Kier molecular flexibility index (Phi) is 6.05. The molecular formula is C9H8ClI2NO3. The molecule has 0 aromatic carbocycles. The van der Waals surface area contributed by atoms with Gasteiger partial charge in [0.05, 0.1) is 13.0 Å². The summed E-state index contributed by atoms with van der Waals surface area (Å²) in [6.07, 6.45) is 3.24. The van der Waals surface area contributed by atoms with Crippen molar-refractivity contribution < 1.29 is 9.53 Å². The Morgan fingerprint density at radius 1 is 1.38 bits per heavy atom. The molecule has 1 rings (SSSR count). The number of pyridine rings is 1. The molecule has 0 unspecified atom stereocenters. The maximum absolute atomic E-state index is 11.4. The third kappa shape index (κ3) is 4.21. The molecule has 0 saturated carbocycles. The topological polar surface area (TPSA) is 48.3 Å². The maximum Gasteiger partial charge on any atom is 0.325 e. The molecular weight excluding hydrogens is 459 g/mol. The predicted molar refractivity (Wildman–Crippen MR) is 77.8 cm³/mol. The van der Waals surface area contributed by atoms with E-state index in [2.05, 4.69) is 0 Å². The lowest BCUT2D eigenvalue weighted by Crippen LogP contribution is -2.19. The van der Waals surface area contributed by atoms with Crippen LogP contribution >= 0.6 is 56.8 Å². The van der Waals surface area contributed by atoms with E-state index in [-0.39, 0.29) is 30.4 Å². The summed E-state index contributed by atoms with van der Waals surface area (Å²) in [7, 11) is 0. The van der Waals surface area contributed by atoms with Gasteiger partial charge in [-0.15, -0.1) is 11.6 Å². The second kappa shape index (κ2) is 6.80. The molecule has 0 bridgehead atoms. The molecule has 0 aliphatic heterocycles. The van der Waals surface area contributed by atoms with Crippen molar-refractivity contribution in [3.05, 3.63) is 29.8 Å². The van der Waals surface area contributed by atoms with Gasteiger partial charge in [0.15, 0.2) is 0 Å². The summed E-state index contributed by atoms with van der Waals surface area (Å²) in [4.78, 5) is 22.7. The van der Waals surface area contributed by atoms with Gasteiger partial charge < -0.3 is 9.30 Å². The van der Waals surface area contributed by atoms with Crippen LogP contribution in [0.5, 0.6) is 0 Å². The van der Waals surface area contributed by atoms with E-state index in [4.69, 9.17) is 16.3 Å². The van der Waals surface area contributed by atoms with Crippen LogP contribution in [0.15, 0.2) is 17.2 Å².